The summed E-state index contributed by atoms with van der Waals surface area (Å²) in [6.07, 6.45) is -4.70. The molecule has 0 heterocycles. The van der Waals surface area contributed by atoms with Crippen LogP contribution in [0.15, 0.2) is 12.1 Å². The third kappa shape index (κ3) is 3.93. The fourth-order valence-electron chi connectivity index (χ4n) is 1.97. The molecule has 0 atom stereocenters. The average Bonchev–Trinajstić information content (AvgIpc) is 2.41. The fraction of sp³-hybridized carbons (Fsp3) is 0.417. The summed E-state index contributed by atoms with van der Waals surface area (Å²) in [5.74, 6) is -0.752. The Morgan fingerprint density at radius 3 is 1.87 bits per heavy atom. The number of carbonyl (C=O) groups is 1. The van der Waals surface area contributed by atoms with Gasteiger partial charge in [0.15, 0.2) is 0 Å². The van der Waals surface area contributed by atoms with Crippen molar-refractivity contribution < 1.29 is 27.8 Å². The molecular formula is C12H12F3N3O5. The van der Waals surface area contributed by atoms with E-state index in [1.807, 2.05) is 0 Å². The molecule has 0 aliphatic heterocycles. The van der Waals surface area contributed by atoms with Crippen molar-refractivity contribution in [1.82, 2.24) is 0 Å². The van der Waals surface area contributed by atoms with Crippen LogP contribution in [-0.4, -0.2) is 22.3 Å². The van der Waals surface area contributed by atoms with Gasteiger partial charge in [-0.3, -0.25) is 25.0 Å². The quantitative estimate of drug-likeness (QED) is 0.606. The molecule has 11 heteroatoms. The smallest absolute Gasteiger partial charge is 0.301 e. The molecule has 0 bridgehead atoms. The van der Waals surface area contributed by atoms with Crippen LogP contribution in [0.3, 0.4) is 0 Å². The molecule has 0 fully saturated rings. The van der Waals surface area contributed by atoms with Gasteiger partial charge in [0.05, 0.1) is 15.4 Å². The second kappa shape index (κ2) is 6.58. The van der Waals surface area contributed by atoms with E-state index in [2.05, 4.69) is 0 Å². The molecule has 0 saturated carbocycles. The van der Waals surface area contributed by atoms with E-state index in [1.54, 1.807) is 6.92 Å². The lowest BCUT2D eigenvalue weighted by molar-refractivity contribution is -0.393. The number of alkyl halides is 3. The number of nitro groups is 2. The third-order valence-electron chi connectivity index (χ3n) is 2.89. The number of carbonyl (C=O) groups excluding carboxylic acids is 1. The molecule has 0 aliphatic rings. The van der Waals surface area contributed by atoms with Gasteiger partial charge in [0.1, 0.15) is 0 Å². The van der Waals surface area contributed by atoms with Crippen LogP contribution >= 0.6 is 0 Å². The van der Waals surface area contributed by atoms with Crippen molar-refractivity contribution in [2.75, 3.05) is 11.4 Å². The van der Waals surface area contributed by atoms with Gasteiger partial charge in [-0.2, -0.15) is 13.2 Å². The van der Waals surface area contributed by atoms with Crippen molar-refractivity contribution in [3.05, 3.63) is 37.9 Å². The summed E-state index contributed by atoms with van der Waals surface area (Å²) >= 11 is 0. The Morgan fingerprint density at radius 2 is 1.61 bits per heavy atom. The molecule has 1 aromatic carbocycles. The van der Waals surface area contributed by atoms with Gasteiger partial charge in [-0.25, -0.2) is 0 Å². The summed E-state index contributed by atoms with van der Waals surface area (Å²) < 4.78 is 38.4. The van der Waals surface area contributed by atoms with Crippen LogP contribution in [0.2, 0.25) is 0 Å². The Hall–Kier alpha value is -2.72. The summed E-state index contributed by atoms with van der Waals surface area (Å²) in [5, 5.41) is 22.2. The SMILES string of the molecule is CCCN(C(C)=O)c1c([N+](=O)[O-])cc(C(F)(F)F)cc1[N+](=O)[O-]. The van der Waals surface area contributed by atoms with E-state index >= 15 is 0 Å². The molecule has 0 saturated heterocycles. The number of nitrogens with zero attached hydrogens (tertiary/aromatic N) is 3. The lowest BCUT2D eigenvalue weighted by Crippen LogP contribution is -2.30. The first-order chi connectivity index (χ1) is 10.5. The molecule has 126 valence electrons. The number of anilines is 1. The maximum absolute atomic E-state index is 12.8. The van der Waals surface area contributed by atoms with E-state index in [1.165, 1.54) is 0 Å². The van der Waals surface area contributed by atoms with E-state index < -0.39 is 44.6 Å². The number of hydrogen-bond acceptors (Lipinski definition) is 5. The number of benzene rings is 1. The number of rotatable bonds is 5. The van der Waals surface area contributed by atoms with Crippen molar-refractivity contribution in [1.29, 1.82) is 0 Å². The molecule has 8 nitrogen and oxygen atoms in total. The van der Waals surface area contributed by atoms with E-state index in [9.17, 15) is 38.2 Å². The lowest BCUT2D eigenvalue weighted by atomic mass is 10.1. The molecule has 1 rings (SSSR count). The molecule has 0 aliphatic carbocycles. The van der Waals surface area contributed by atoms with Crippen LogP contribution < -0.4 is 4.90 Å². The van der Waals surface area contributed by atoms with Crippen molar-refractivity contribution >= 4 is 23.0 Å². The van der Waals surface area contributed by atoms with Crippen LogP contribution in [0.5, 0.6) is 0 Å². The van der Waals surface area contributed by atoms with Crippen molar-refractivity contribution in [3.63, 3.8) is 0 Å². The van der Waals surface area contributed by atoms with E-state index in [0.717, 1.165) is 11.8 Å². The zero-order valence-electron chi connectivity index (χ0n) is 12.1. The van der Waals surface area contributed by atoms with Gasteiger partial charge in [-0.15, -0.1) is 0 Å². The zero-order valence-corrected chi connectivity index (χ0v) is 12.1. The van der Waals surface area contributed by atoms with E-state index in [4.69, 9.17) is 0 Å². The highest BCUT2D eigenvalue weighted by atomic mass is 19.4. The second-order valence-corrected chi connectivity index (χ2v) is 4.55. The van der Waals surface area contributed by atoms with Crippen molar-refractivity contribution in [3.8, 4) is 0 Å². The maximum Gasteiger partial charge on any atom is 0.416 e. The number of amides is 1. The largest absolute Gasteiger partial charge is 0.416 e. The Bertz CT molecular complexity index is 625. The molecule has 0 spiro atoms. The number of nitro benzene ring substituents is 2. The number of hydrogen-bond donors (Lipinski definition) is 0. The molecule has 0 aromatic heterocycles. The second-order valence-electron chi connectivity index (χ2n) is 4.55. The van der Waals surface area contributed by atoms with E-state index in [-0.39, 0.29) is 18.7 Å². The van der Waals surface area contributed by atoms with Crippen LogP contribution in [0.25, 0.3) is 0 Å². The average molecular weight is 335 g/mol. The Labute approximate surface area is 127 Å². The minimum Gasteiger partial charge on any atom is -0.301 e. The third-order valence-corrected chi connectivity index (χ3v) is 2.89. The first-order valence-corrected chi connectivity index (χ1v) is 6.32. The minimum atomic E-state index is -5.00. The van der Waals surface area contributed by atoms with Gasteiger partial charge in [-0.05, 0) is 6.42 Å². The predicted molar refractivity (Wildman–Crippen MR) is 73.1 cm³/mol. The first kappa shape index (κ1) is 18.3. The molecule has 0 radical (unpaired) electrons. The summed E-state index contributed by atoms with van der Waals surface area (Å²) in [5.41, 5.74) is -4.56. The summed E-state index contributed by atoms with van der Waals surface area (Å²) in [7, 11) is 0. The highest BCUT2D eigenvalue weighted by Gasteiger charge is 2.39. The fourth-order valence-corrected chi connectivity index (χ4v) is 1.97. The summed E-state index contributed by atoms with van der Waals surface area (Å²) in [4.78, 5) is 32.2. The van der Waals surface area contributed by atoms with Gasteiger partial charge in [0.25, 0.3) is 0 Å². The Kier molecular flexibility index (Phi) is 5.25. The Morgan fingerprint density at radius 1 is 1.17 bits per heavy atom. The van der Waals surface area contributed by atoms with Crippen molar-refractivity contribution in [2.24, 2.45) is 0 Å². The van der Waals surface area contributed by atoms with Crippen molar-refractivity contribution in [2.45, 2.75) is 26.4 Å². The highest BCUT2D eigenvalue weighted by molar-refractivity contribution is 5.97. The number of halogens is 3. The standard InChI is InChI=1S/C12H12F3N3O5/c1-3-4-16(7(2)19)11-9(17(20)21)5-8(12(13,14)15)6-10(11)18(22)23/h5-6H,3-4H2,1-2H3. The van der Waals surface area contributed by atoms with E-state index in [0.29, 0.717) is 6.42 Å². The van der Waals surface area contributed by atoms with Gasteiger partial charge in [0.2, 0.25) is 11.6 Å². The summed E-state index contributed by atoms with van der Waals surface area (Å²) in [6, 6.07) is 0.377. The van der Waals surface area contributed by atoms with Gasteiger partial charge < -0.3 is 4.90 Å². The summed E-state index contributed by atoms with van der Waals surface area (Å²) in [6.45, 7) is 2.51. The monoisotopic (exact) mass is 335 g/mol. The first-order valence-electron chi connectivity index (χ1n) is 6.32. The maximum atomic E-state index is 12.8. The lowest BCUT2D eigenvalue weighted by Gasteiger charge is -2.20. The molecule has 0 N–H and O–H groups in total. The van der Waals surface area contributed by atoms with Gasteiger partial charge in [-0.1, -0.05) is 6.92 Å². The normalized spacial score (nSPS) is 11.2. The minimum absolute atomic E-state index is 0.109. The van der Waals surface area contributed by atoms with Crippen LogP contribution in [0.1, 0.15) is 25.8 Å². The molecule has 0 unspecified atom stereocenters. The Balaban J connectivity index is 3.81. The molecular weight excluding hydrogens is 323 g/mol. The van der Waals surface area contributed by atoms with Crippen LogP contribution in [0.4, 0.5) is 30.2 Å². The molecule has 1 amide bonds. The van der Waals surface area contributed by atoms with Gasteiger partial charge >= 0.3 is 17.6 Å². The molecule has 23 heavy (non-hydrogen) atoms. The van der Waals surface area contributed by atoms with Crippen LogP contribution in [-0.2, 0) is 11.0 Å². The highest BCUT2D eigenvalue weighted by Crippen LogP contribution is 2.43. The molecule has 1 aromatic rings. The topological polar surface area (TPSA) is 107 Å². The van der Waals surface area contributed by atoms with Gasteiger partial charge in [0, 0.05) is 25.6 Å². The zero-order chi connectivity index (χ0) is 17.9. The van der Waals surface area contributed by atoms with Crippen LogP contribution in [0, 0.1) is 20.2 Å². The predicted octanol–water partition coefficient (Wildman–Crippen LogP) is 3.28.